The smallest absolute Gasteiger partial charge is 0.273 e. The molecule has 2 aliphatic rings. The van der Waals surface area contributed by atoms with Crippen molar-refractivity contribution in [2.24, 2.45) is 5.92 Å². The van der Waals surface area contributed by atoms with Gasteiger partial charge in [-0.1, -0.05) is 5.21 Å². The van der Waals surface area contributed by atoms with E-state index in [0.29, 0.717) is 17.7 Å². The van der Waals surface area contributed by atoms with Crippen molar-refractivity contribution in [1.29, 1.82) is 0 Å². The van der Waals surface area contributed by atoms with Crippen LogP contribution in [0.1, 0.15) is 29.4 Å². The predicted molar refractivity (Wildman–Crippen MR) is 57.0 cm³/mol. The Morgan fingerprint density at radius 1 is 1.56 bits per heavy atom. The van der Waals surface area contributed by atoms with Gasteiger partial charge in [-0.25, -0.2) is 4.68 Å². The molecule has 2 heterocycles. The quantitative estimate of drug-likeness (QED) is 0.723. The maximum atomic E-state index is 11.7. The molecule has 0 unspecified atom stereocenters. The minimum absolute atomic E-state index is 0.106. The summed E-state index contributed by atoms with van der Waals surface area (Å²) in [6, 6.07) is 0.359. The normalized spacial score (nSPS) is 20.5. The fourth-order valence-electron chi connectivity index (χ4n) is 1.67. The molecule has 1 saturated heterocycles. The summed E-state index contributed by atoms with van der Waals surface area (Å²) in [6.07, 6.45) is 4.20. The maximum absolute atomic E-state index is 11.7. The van der Waals surface area contributed by atoms with Gasteiger partial charge in [-0.05, 0) is 18.8 Å². The predicted octanol–water partition coefficient (Wildman–Crippen LogP) is -0.438. The van der Waals surface area contributed by atoms with Crippen LogP contribution in [0.4, 0.5) is 0 Å². The standard InChI is InChI=1S/C10H15N5O/c16-10(12-3-7-1-2-7)9-6-15(14-13-9)8-4-11-5-8/h6-8,11H,1-5H2,(H,12,16). The zero-order valence-corrected chi connectivity index (χ0v) is 9.02. The molecule has 1 amide bonds. The lowest BCUT2D eigenvalue weighted by Crippen LogP contribution is -2.43. The molecule has 0 bridgehead atoms. The topological polar surface area (TPSA) is 71.8 Å². The molecule has 1 aliphatic carbocycles. The van der Waals surface area contributed by atoms with Crippen LogP contribution in [0.5, 0.6) is 0 Å². The molecule has 86 valence electrons. The Morgan fingerprint density at radius 3 is 3.00 bits per heavy atom. The van der Waals surface area contributed by atoms with Gasteiger partial charge in [0.2, 0.25) is 0 Å². The molecule has 2 N–H and O–H groups in total. The number of carbonyl (C=O) groups excluding carboxylic acids is 1. The van der Waals surface area contributed by atoms with Crippen molar-refractivity contribution >= 4 is 5.91 Å². The van der Waals surface area contributed by atoms with E-state index in [1.54, 1.807) is 10.9 Å². The maximum Gasteiger partial charge on any atom is 0.273 e. The summed E-state index contributed by atoms with van der Waals surface area (Å²) in [5.74, 6) is 0.584. The third-order valence-corrected chi connectivity index (χ3v) is 3.13. The van der Waals surface area contributed by atoms with Gasteiger partial charge in [0, 0.05) is 19.6 Å². The first-order valence-electron chi connectivity index (χ1n) is 5.73. The Kier molecular flexibility index (Phi) is 2.36. The summed E-state index contributed by atoms with van der Waals surface area (Å²) >= 11 is 0. The van der Waals surface area contributed by atoms with Crippen LogP contribution in [-0.2, 0) is 0 Å². The summed E-state index contributed by atoms with van der Waals surface area (Å²) < 4.78 is 1.77. The number of hydrogen-bond acceptors (Lipinski definition) is 4. The van der Waals surface area contributed by atoms with Gasteiger partial charge in [0.25, 0.3) is 5.91 Å². The summed E-state index contributed by atoms with van der Waals surface area (Å²) in [5.41, 5.74) is 0.424. The summed E-state index contributed by atoms with van der Waals surface area (Å²) in [4.78, 5) is 11.7. The molecule has 0 atom stereocenters. The Morgan fingerprint density at radius 2 is 2.38 bits per heavy atom. The number of carbonyl (C=O) groups is 1. The second-order valence-electron chi connectivity index (χ2n) is 4.55. The number of amides is 1. The minimum Gasteiger partial charge on any atom is -0.350 e. The molecule has 2 fully saturated rings. The summed E-state index contributed by atoms with van der Waals surface area (Å²) in [5, 5.41) is 13.9. The lowest BCUT2D eigenvalue weighted by atomic mass is 10.2. The zero-order chi connectivity index (χ0) is 11.0. The van der Waals surface area contributed by atoms with Crippen molar-refractivity contribution in [2.45, 2.75) is 18.9 Å². The van der Waals surface area contributed by atoms with Gasteiger partial charge in [0.05, 0.1) is 12.2 Å². The first-order chi connectivity index (χ1) is 7.83. The molecule has 1 saturated carbocycles. The molecule has 1 aromatic rings. The van der Waals surface area contributed by atoms with E-state index in [-0.39, 0.29) is 5.91 Å². The van der Waals surface area contributed by atoms with E-state index in [0.717, 1.165) is 19.6 Å². The van der Waals surface area contributed by atoms with Gasteiger partial charge in [-0.3, -0.25) is 4.79 Å². The fourth-order valence-corrected chi connectivity index (χ4v) is 1.67. The van der Waals surface area contributed by atoms with Gasteiger partial charge in [-0.2, -0.15) is 0 Å². The van der Waals surface area contributed by atoms with Gasteiger partial charge < -0.3 is 10.6 Å². The van der Waals surface area contributed by atoms with E-state index in [2.05, 4.69) is 20.9 Å². The molecule has 0 spiro atoms. The van der Waals surface area contributed by atoms with Crippen molar-refractivity contribution < 1.29 is 4.79 Å². The highest BCUT2D eigenvalue weighted by molar-refractivity contribution is 5.91. The lowest BCUT2D eigenvalue weighted by Gasteiger charge is -2.26. The largest absolute Gasteiger partial charge is 0.350 e. The lowest BCUT2D eigenvalue weighted by molar-refractivity contribution is 0.0946. The third kappa shape index (κ3) is 1.92. The van der Waals surface area contributed by atoms with Crippen molar-refractivity contribution in [1.82, 2.24) is 25.6 Å². The number of aromatic nitrogens is 3. The SMILES string of the molecule is O=C(NCC1CC1)c1cn(C2CNC2)nn1. The Bertz CT molecular complexity index is 394. The highest BCUT2D eigenvalue weighted by Gasteiger charge is 2.24. The highest BCUT2D eigenvalue weighted by atomic mass is 16.2. The van der Waals surface area contributed by atoms with Crippen LogP contribution in [0.15, 0.2) is 6.20 Å². The van der Waals surface area contributed by atoms with E-state index in [1.165, 1.54) is 12.8 Å². The first-order valence-corrected chi connectivity index (χ1v) is 5.73. The van der Waals surface area contributed by atoms with Crippen molar-refractivity contribution in [3.8, 4) is 0 Å². The van der Waals surface area contributed by atoms with Gasteiger partial charge in [0.1, 0.15) is 0 Å². The highest BCUT2D eigenvalue weighted by Crippen LogP contribution is 2.27. The molecule has 1 aromatic heterocycles. The number of nitrogens with one attached hydrogen (secondary N) is 2. The number of hydrogen-bond donors (Lipinski definition) is 2. The average Bonchev–Trinajstić information content (AvgIpc) is 2.91. The van der Waals surface area contributed by atoms with Crippen LogP contribution in [-0.4, -0.2) is 40.5 Å². The molecular formula is C10H15N5O. The summed E-state index contributed by atoms with van der Waals surface area (Å²) in [6.45, 7) is 2.59. The van der Waals surface area contributed by atoms with Crippen LogP contribution in [0.3, 0.4) is 0 Å². The molecule has 6 heteroatoms. The van der Waals surface area contributed by atoms with Crippen molar-refractivity contribution in [3.63, 3.8) is 0 Å². The number of rotatable bonds is 4. The molecule has 0 aromatic carbocycles. The minimum atomic E-state index is -0.106. The van der Waals surface area contributed by atoms with Crippen LogP contribution >= 0.6 is 0 Å². The first kappa shape index (κ1) is 9.77. The van der Waals surface area contributed by atoms with E-state index in [4.69, 9.17) is 0 Å². The molecule has 3 rings (SSSR count). The van der Waals surface area contributed by atoms with E-state index >= 15 is 0 Å². The zero-order valence-electron chi connectivity index (χ0n) is 9.02. The molecule has 1 aliphatic heterocycles. The summed E-state index contributed by atoms with van der Waals surface area (Å²) in [7, 11) is 0. The van der Waals surface area contributed by atoms with Gasteiger partial charge >= 0.3 is 0 Å². The van der Waals surface area contributed by atoms with Crippen LogP contribution in [0, 0.1) is 5.92 Å². The fraction of sp³-hybridized carbons (Fsp3) is 0.700. The average molecular weight is 221 g/mol. The second-order valence-corrected chi connectivity index (χ2v) is 4.55. The molecule has 16 heavy (non-hydrogen) atoms. The van der Waals surface area contributed by atoms with E-state index < -0.39 is 0 Å². The van der Waals surface area contributed by atoms with E-state index in [1.807, 2.05) is 0 Å². The van der Waals surface area contributed by atoms with Crippen LogP contribution in [0.2, 0.25) is 0 Å². The van der Waals surface area contributed by atoms with Crippen molar-refractivity contribution in [3.05, 3.63) is 11.9 Å². The van der Waals surface area contributed by atoms with Crippen molar-refractivity contribution in [2.75, 3.05) is 19.6 Å². The molecular weight excluding hydrogens is 206 g/mol. The van der Waals surface area contributed by atoms with E-state index in [9.17, 15) is 4.79 Å². The molecule has 0 radical (unpaired) electrons. The Hall–Kier alpha value is -1.43. The third-order valence-electron chi connectivity index (χ3n) is 3.13. The van der Waals surface area contributed by atoms with Gasteiger partial charge in [-0.15, -0.1) is 5.10 Å². The van der Waals surface area contributed by atoms with Crippen LogP contribution in [0.25, 0.3) is 0 Å². The monoisotopic (exact) mass is 221 g/mol. The Labute approximate surface area is 93.4 Å². The van der Waals surface area contributed by atoms with Gasteiger partial charge in [0.15, 0.2) is 5.69 Å². The Balaban J connectivity index is 1.59. The second kappa shape index (κ2) is 3.86. The molecule has 6 nitrogen and oxygen atoms in total. The van der Waals surface area contributed by atoms with Crippen LogP contribution < -0.4 is 10.6 Å². The number of nitrogens with zero attached hydrogens (tertiary/aromatic N) is 3.